The SMILES string of the molecule is CC[C@]1(C)NC(=O)N(NC(=O)c2ccc(OCc3c(C)noc3C)cc2)C1=O. The number of nitrogens with zero attached hydrogens (tertiary/aromatic N) is 2. The second-order valence-electron chi connectivity index (χ2n) is 6.81. The molecule has 1 aromatic heterocycles. The Morgan fingerprint density at radius 2 is 1.96 bits per heavy atom. The molecule has 1 atom stereocenters. The van der Waals surface area contributed by atoms with Crippen molar-refractivity contribution >= 4 is 17.8 Å². The minimum atomic E-state index is -1.01. The lowest BCUT2D eigenvalue weighted by Crippen LogP contribution is -2.48. The van der Waals surface area contributed by atoms with Gasteiger partial charge >= 0.3 is 6.03 Å². The molecule has 148 valence electrons. The number of hydrazine groups is 1. The zero-order valence-electron chi connectivity index (χ0n) is 16.2. The molecule has 1 aliphatic heterocycles. The number of nitrogens with one attached hydrogen (secondary N) is 2. The lowest BCUT2D eigenvalue weighted by molar-refractivity contribution is -0.132. The van der Waals surface area contributed by atoms with Gasteiger partial charge in [0.15, 0.2) is 0 Å². The zero-order valence-corrected chi connectivity index (χ0v) is 16.2. The van der Waals surface area contributed by atoms with Crippen LogP contribution in [0.25, 0.3) is 0 Å². The van der Waals surface area contributed by atoms with Gasteiger partial charge in [-0.2, -0.15) is 5.01 Å². The van der Waals surface area contributed by atoms with E-state index >= 15 is 0 Å². The first kappa shape index (κ1) is 19.4. The molecule has 1 saturated heterocycles. The third kappa shape index (κ3) is 3.55. The van der Waals surface area contributed by atoms with E-state index in [0.717, 1.165) is 11.3 Å². The van der Waals surface area contributed by atoms with Gasteiger partial charge in [0.25, 0.3) is 11.8 Å². The van der Waals surface area contributed by atoms with Crippen LogP contribution in [0.3, 0.4) is 0 Å². The number of urea groups is 1. The average Bonchev–Trinajstić information content (AvgIpc) is 3.11. The van der Waals surface area contributed by atoms with Crippen LogP contribution in [-0.2, 0) is 11.4 Å². The van der Waals surface area contributed by atoms with Gasteiger partial charge in [-0.1, -0.05) is 12.1 Å². The number of aromatic nitrogens is 1. The first-order valence-corrected chi connectivity index (χ1v) is 8.87. The van der Waals surface area contributed by atoms with Crippen molar-refractivity contribution in [2.75, 3.05) is 0 Å². The second kappa shape index (κ2) is 7.34. The number of ether oxygens (including phenoxy) is 1. The summed E-state index contributed by atoms with van der Waals surface area (Å²) in [4.78, 5) is 36.7. The number of imide groups is 1. The molecule has 3 rings (SSSR count). The van der Waals surface area contributed by atoms with E-state index in [1.165, 1.54) is 0 Å². The van der Waals surface area contributed by atoms with Crippen LogP contribution in [-0.4, -0.2) is 33.5 Å². The second-order valence-corrected chi connectivity index (χ2v) is 6.81. The smallest absolute Gasteiger partial charge is 0.344 e. The zero-order chi connectivity index (χ0) is 20.5. The van der Waals surface area contributed by atoms with E-state index in [4.69, 9.17) is 9.26 Å². The number of hydrogen-bond acceptors (Lipinski definition) is 6. The Labute approximate surface area is 162 Å². The topological polar surface area (TPSA) is 114 Å². The van der Waals surface area contributed by atoms with Crippen molar-refractivity contribution in [1.82, 2.24) is 20.9 Å². The Hall–Kier alpha value is -3.36. The van der Waals surface area contributed by atoms with Gasteiger partial charge < -0.3 is 14.6 Å². The molecule has 2 aromatic rings. The molecule has 0 aliphatic carbocycles. The van der Waals surface area contributed by atoms with Crippen molar-refractivity contribution < 1.29 is 23.6 Å². The van der Waals surface area contributed by atoms with Crippen LogP contribution in [0, 0.1) is 13.8 Å². The number of amides is 4. The van der Waals surface area contributed by atoms with E-state index in [-0.39, 0.29) is 5.56 Å². The molecule has 0 unspecified atom stereocenters. The van der Waals surface area contributed by atoms with Gasteiger partial charge in [0.05, 0.1) is 11.3 Å². The fourth-order valence-corrected chi connectivity index (χ4v) is 2.76. The van der Waals surface area contributed by atoms with Gasteiger partial charge in [-0.3, -0.25) is 15.0 Å². The van der Waals surface area contributed by atoms with Crippen LogP contribution in [0.15, 0.2) is 28.8 Å². The Kier molecular flexibility index (Phi) is 5.08. The minimum Gasteiger partial charge on any atom is -0.489 e. The summed E-state index contributed by atoms with van der Waals surface area (Å²) in [5.74, 6) is 0.195. The van der Waals surface area contributed by atoms with Crippen LogP contribution in [0.2, 0.25) is 0 Å². The molecule has 28 heavy (non-hydrogen) atoms. The van der Waals surface area contributed by atoms with Crippen LogP contribution in [0.4, 0.5) is 4.79 Å². The third-order valence-electron chi connectivity index (χ3n) is 4.86. The average molecular weight is 386 g/mol. The van der Waals surface area contributed by atoms with Gasteiger partial charge in [0.1, 0.15) is 23.7 Å². The Morgan fingerprint density at radius 1 is 1.29 bits per heavy atom. The van der Waals surface area contributed by atoms with Gasteiger partial charge in [-0.05, 0) is 51.5 Å². The van der Waals surface area contributed by atoms with Gasteiger partial charge in [0.2, 0.25) is 0 Å². The molecular weight excluding hydrogens is 364 g/mol. The van der Waals surface area contributed by atoms with E-state index in [0.29, 0.717) is 29.5 Å². The van der Waals surface area contributed by atoms with E-state index in [9.17, 15) is 14.4 Å². The predicted molar refractivity (Wildman–Crippen MR) is 98.3 cm³/mol. The number of carbonyl (C=O) groups is 3. The summed E-state index contributed by atoms with van der Waals surface area (Å²) in [7, 11) is 0. The highest BCUT2D eigenvalue weighted by Gasteiger charge is 2.47. The molecular formula is C19H22N4O5. The molecule has 4 amide bonds. The molecule has 1 fully saturated rings. The molecule has 1 aliphatic rings. The van der Waals surface area contributed by atoms with Crippen molar-refractivity contribution in [2.24, 2.45) is 0 Å². The predicted octanol–water partition coefficient (Wildman–Crippen LogP) is 2.24. The van der Waals surface area contributed by atoms with Crippen LogP contribution in [0.1, 0.15) is 47.6 Å². The number of aryl methyl sites for hydroxylation is 2. The summed E-state index contributed by atoms with van der Waals surface area (Å²) < 4.78 is 10.8. The summed E-state index contributed by atoms with van der Waals surface area (Å²) in [6.45, 7) is 7.34. The maximum absolute atomic E-state index is 12.4. The number of rotatable bonds is 6. The first-order valence-electron chi connectivity index (χ1n) is 8.87. The molecule has 2 N–H and O–H groups in total. The Morgan fingerprint density at radius 3 is 2.50 bits per heavy atom. The van der Waals surface area contributed by atoms with Crippen molar-refractivity contribution in [1.29, 1.82) is 0 Å². The standard InChI is InChI=1S/C19H22N4O5/c1-5-19(4)17(25)23(18(26)20-19)21-16(24)13-6-8-14(9-7-13)27-10-15-11(2)22-28-12(15)3/h6-9H,5,10H2,1-4H3,(H,20,26)(H,21,24)/t19-/m0/s1. The summed E-state index contributed by atoms with van der Waals surface area (Å²) in [5.41, 5.74) is 3.26. The van der Waals surface area contributed by atoms with E-state index in [1.54, 1.807) is 38.1 Å². The molecule has 0 radical (unpaired) electrons. The Balaban J connectivity index is 1.63. The van der Waals surface area contributed by atoms with Crippen molar-refractivity contribution in [3.8, 4) is 5.75 Å². The fourth-order valence-electron chi connectivity index (χ4n) is 2.76. The lowest BCUT2D eigenvalue weighted by atomic mass is 10.00. The van der Waals surface area contributed by atoms with Gasteiger partial charge in [-0.25, -0.2) is 4.79 Å². The number of carbonyl (C=O) groups excluding carboxylic acids is 3. The van der Waals surface area contributed by atoms with Crippen molar-refractivity contribution in [2.45, 2.75) is 46.3 Å². The van der Waals surface area contributed by atoms with Crippen molar-refractivity contribution in [3.05, 3.63) is 46.8 Å². The Bertz CT molecular complexity index is 901. The maximum Gasteiger partial charge on any atom is 0.344 e. The summed E-state index contributed by atoms with van der Waals surface area (Å²) >= 11 is 0. The number of benzene rings is 1. The molecule has 9 heteroatoms. The molecule has 0 bridgehead atoms. The van der Waals surface area contributed by atoms with Gasteiger partial charge in [0, 0.05) is 5.56 Å². The fraction of sp³-hybridized carbons (Fsp3) is 0.368. The highest BCUT2D eigenvalue weighted by molar-refractivity contribution is 6.09. The van der Waals surface area contributed by atoms with Crippen LogP contribution in [0.5, 0.6) is 5.75 Å². The maximum atomic E-state index is 12.4. The normalized spacial score (nSPS) is 18.9. The van der Waals surface area contributed by atoms with Crippen LogP contribution >= 0.6 is 0 Å². The quantitative estimate of drug-likeness (QED) is 0.736. The van der Waals surface area contributed by atoms with E-state index < -0.39 is 23.4 Å². The molecule has 0 saturated carbocycles. The lowest BCUT2D eigenvalue weighted by Gasteiger charge is -2.19. The summed E-state index contributed by atoms with van der Waals surface area (Å²) in [6.07, 6.45) is 0.418. The largest absolute Gasteiger partial charge is 0.489 e. The number of hydrogen-bond donors (Lipinski definition) is 2. The van der Waals surface area contributed by atoms with E-state index in [1.807, 2.05) is 13.8 Å². The molecule has 2 heterocycles. The first-order chi connectivity index (χ1) is 13.2. The highest BCUT2D eigenvalue weighted by atomic mass is 16.5. The third-order valence-corrected chi connectivity index (χ3v) is 4.86. The van der Waals surface area contributed by atoms with Crippen molar-refractivity contribution in [3.63, 3.8) is 0 Å². The molecule has 0 spiro atoms. The summed E-state index contributed by atoms with van der Waals surface area (Å²) in [6, 6.07) is 5.72. The van der Waals surface area contributed by atoms with Crippen LogP contribution < -0.4 is 15.5 Å². The monoisotopic (exact) mass is 386 g/mol. The summed E-state index contributed by atoms with van der Waals surface area (Å²) in [5, 5.41) is 7.16. The molecule has 9 nitrogen and oxygen atoms in total. The molecule has 1 aromatic carbocycles. The van der Waals surface area contributed by atoms with E-state index in [2.05, 4.69) is 15.9 Å². The highest BCUT2D eigenvalue weighted by Crippen LogP contribution is 2.20. The minimum absolute atomic E-state index is 0.287. The van der Waals surface area contributed by atoms with Gasteiger partial charge in [-0.15, -0.1) is 0 Å².